The summed E-state index contributed by atoms with van der Waals surface area (Å²) in [5.41, 5.74) is 0.494. The van der Waals surface area contributed by atoms with Gasteiger partial charge in [0.2, 0.25) is 0 Å². The Morgan fingerprint density at radius 1 is 1.53 bits per heavy atom. The standard InChI is InChI=1S/C12H10ClNO2S/c1-8(15)10-6-9(13)2-3-11(10)16-7-12-14-4-5-17-12/h2-6H,7H2,1H3. The number of benzene rings is 1. The average Bonchev–Trinajstić information content (AvgIpc) is 2.80. The quantitative estimate of drug-likeness (QED) is 0.795. The molecule has 5 heteroatoms. The molecule has 1 aromatic heterocycles. The highest BCUT2D eigenvalue weighted by Crippen LogP contribution is 2.24. The molecule has 2 aromatic rings. The number of aromatic nitrogens is 1. The van der Waals surface area contributed by atoms with Gasteiger partial charge in [-0.15, -0.1) is 11.3 Å². The van der Waals surface area contributed by atoms with Crippen LogP contribution in [0.5, 0.6) is 5.75 Å². The highest BCUT2D eigenvalue weighted by Gasteiger charge is 2.09. The first-order valence-corrected chi connectivity index (χ1v) is 6.24. The maximum absolute atomic E-state index is 11.4. The molecule has 0 N–H and O–H groups in total. The topological polar surface area (TPSA) is 39.2 Å². The Kier molecular flexibility index (Phi) is 3.76. The number of ether oxygens (including phenoxy) is 1. The van der Waals surface area contributed by atoms with Crippen LogP contribution in [0, 0.1) is 0 Å². The van der Waals surface area contributed by atoms with Crippen molar-refractivity contribution in [1.29, 1.82) is 0 Å². The molecule has 17 heavy (non-hydrogen) atoms. The molecule has 0 saturated carbocycles. The summed E-state index contributed by atoms with van der Waals surface area (Å²) in [5, 5.41) is 3.28. The fourth-order valence-electron chi connectivity index (χ4n) is 1.37. The van der Waals surface area contributed by atoms with Gasteiger partial charge in [-0.3, -0.25) is 4.79 Å². The number of hydrogen-bond donors (Lipinski definition) is 0. The predicted molar refractivity (Wildman–Crippen MR) is 67.9 cm³/mol. The molecule has 0 saturated heterocycles. The Hall–Kier alpha value is -1.39. The van der Waals surface area contributed by atoms with E-state index in [1.54, 1.807) is 24.4 Å². The Morgan fingerprint density at radius 2 is 2.35 bits per heavy atom. The molecule has 2 rings (SSSR count). The van der Waals surface area contributed by atoms with E-state index >= 15 is 0 Å². The van der Waals surface area contributed by atoms with Gasteiger partial charge in [-0.25, -0.2) is 4.98 Å². The second-order valence-electron chi connectivity index (χ2n) is 3.41. The van der Waals surface area contributed by atoms with Crippen LogP contribution >= 0.6 is 22.9 Å². The molecule has 0 aliphatic rings. The number of carbonyl (C=O) groups excluding carboxylic acids is 1. The van der Waals surface area contributed by atoms with Crippen molar-refractivity contribution < 1.29 is 9.53 Å². The molecule has 0 unspecified atom stereocenters. The van der Waals surface area contributed by atoms with E-state index in [2.05, 4.69) is 4.98 Å². The smallest absolute Gasteiger partial charge is 0.163 e. The van der Waals surface area contributed by atoms with Crippen LogP contribution in [0.3, 0.4) is 0 Å². The summed E-state index contributed by atoms with van der Waals surface area (Å²) < 4.78 is 5.57. The third kappa shape index (κ3) is 3.05. The third-order valence-electron chi connectivity index (χ3n) is 2.16. The highest BCUT2D eigenvalue weighted by atomic mass is 35.5. The van der Waals surface area contributed by atoms with E-state index in [-0.39, 0.29) is 5.78 Å². The van der Waals surface area contributed by atoms with E-state index in [9.17, 15) is 4.79 Å². The molecule has 0 aliphatic carbocycles. The van der Waals surface area contributed by atoms with Crippen LogP contribution in [0.4, 0.5) is 0 Å². The molecule has 0 radical (unpaired) electrons. The Balaban J connectivity index is 2.17. The van der Waals surface area contributed by atoms with E-state index in [0.29, 0.717) is 22.9 Å². The third-order valence-corrected chi connectivity index (χ3v) is 3.14. The molecule has 0 atom stereocenters. The number of carbonyl (C=O) groups is 1. The average molecular weight is 268 g/mol. The SMILES string of the molecule is CC(=O)c1cc(Cl)ccc1OCc1nccs1. The summed E-state index contributed by atoms with van der Waals surface area (Å²) in [6.07, 6.45) is 1.72. The van der Waals surface area contributed by atoms with Gasteiger partial charge in [0.15, 0.2) is 5.78 Å². The first-order chi connectivity index (χ1) is 8.16. The summed E-state index contributed by atoms with van der Waals surface area (Å²) in [7, 11) is 0. The maximum Gasteiger partial charge on any atom is 0.163 e. The van der Waals surface area contributed by atoms with Crippen LogP contribution in [0.1, 0.15) is 22.3 Å². The van der Waals surface area contributed by atoms with Crippen molar-refractivity contribution >= 4 is 28.7 Å². The number of halogens is 1. The van der Waals surface area contributed by atoms with Crippen LogP contribution in [0.2, 0.25) is 5.02 Å². The minimum Gasteiger partial charge on any atom is -0.486 e. The van der Waals surface area contributed by atoms with Gasteiger partial charge in [-0.2, -0.15) is 0 Å². The molecule has 0 fully saturated rings. The summed E-state index contributed by atoms with van der Waals surface area (Å²) in [6, 6.07) is 5.01. The van der Waals surface area contributed by atoms with Crippen LogP contribution < -0.4 is 4.74 Å². The highest BCUT2D eigenvalue weighted by molar-refractivity contribution is 7.09. The number of Topliss-reactive ketones (excluding diaryl/α,β-unsaturated/α-hetero) is 1. The zero-order valence-electron chi connectivity index (χ0n) is 9.14. The van der Waals surface area contributed by atoms with Crippen molar-refractivity contribution in [2.45, 2.75) is 13.5 Å². The molecular weight excluding hydrogens is 258 g/mol. The Morgan fingerprint density at radius 3 is 3.00 bits per heavy atom. The second kappa shape index (κ2) is 5.29. The molecule has 0 bridgehead atoms. The number of rotatable bonds is 4. The molecule has 0 aliphatic heterocycles. The first-order valence-electron chi connectivity index (χ1n) is 4.98. The first kappa shape index (κ1) is 12.1. The summed E-state index contributed by atoms with van der Waals surface area (Å²) >= 11 is 7.36. The number of hydrogen-bond acceptors (Lipinski definition) is 4. The molecular formula is C12H10ClNO2S. The second-order valence-corrected chi connectivity index (χ2v) is 4.83. The van der Waals surface area contributed by atoms with E-state index in [1.807, 2.05) is 5.38 Å². The van der Waals surface area contributed by atoms with E-state index in [4.69, 9.17) is 16.3 Å². The van der Waals surface area contributed by atoms with E-state index in [0.717, 1.165) is 5.01 Å². The van der Waals surface area contributed by atoms with Crippen molar-refractivity contribution in [3.63, 3.8) is 0 Å². The molecule has 0 amide bonds. The van der Waals surface area contributed by atoms with Gasteiger partial charge < -0.3 is 4.74 Å². The predicted octanol–water partition coefficient (Wildman–Crippen LogP) is 3.58. The van der Waals surface area contributed by atoms with Crippen molar-refractivity contribution in [2.75, 3.05) is 0 Å². The minimum absolute atomic E-state index is 0.0679. The zero-order valence-corrected chi connectivity index (χ0v) is 10.7. The zero-order chi connectivity index (χ0) is 12.3. The molecule has 3 nitrogen and oxygen atoms in total. The fourth-order valence-corrected chi connectivity index (χ4v) is 2.07. The Labute approximate surface area is 108 Å². The molecule has 0 spiro atoms. The maximum atomic E-state index is 11.4. The summed E-state index contributed by atoms with van der Waals surface area (Å²) in [4.78, 5) is 15.5. The van der Waals surface area contributed by atoms with E-state index < -0.39 is 0 Å². The lowest BCUT2D eigenvalue weighted by atomic mass is 10.1. The van der Waals surface area contributed by atoms with Gasteiger partial charge in [-0.05, 0) is 25.1 Å². The van der Waals surface area contributed by atoms with Crippen LogP contribution in [-0.2, 0) is 6.61 Å². The molecule has 1 aromatic carbocycles. The number of ketones is 1. The lowest BCUT2D eigenvalue weighted by Gasteiger charge is -2.08. The van der Waals surface area contributed by atoms with Crippen molar-refractivity contribution in [3.05, 3.63) is 45.4 Å². The van der Waals surface area contributed by atoms with Gasteiger partial charge in [0.25, 0.3) is 0 Å². The van der Waals surface area contributed by atoms with E-state index in [1.165, 1.54) is 18.3 Å². The molecule has 1 heterocycles. The van der Waals surface area contributed by atoms with Gasteiger partial charge in [0, 0.05) is 16.6 Å². The van der Waals surface area contributed by atoms with Gasteiger partial charge in [0.1, 0.15) is 17.4 Å². The minimum atomic E-state index is -0.0679. The normalized spacial score (nSPS) is 10.2. The molecule has 88 valence electrons. The van der Waals surface area contributed by atoms with Crippen molar-refractivity contribution in [2.24, 2.45) is 0 Å². The van der Waals surface area contributed by atoms with Crippen molar-refractivity contribution in [3.8, 4) is 5.75 Å². The lowest BCUT2D eigenvalue weighted by molar-refractivity contribution is 0.101. The van der Waals surface area contributed by atoms with Crippen LogP contribution in [0.25, 0.3) is 0 Å². The largest absolute Gasteiger partial charge is 0.486 e. The lowest BCUT2D eigenvalue weighted by Crippen LogP contribution is -2.01. The van der Waals surface area contributed by atoms with Gasteiger partial charge >= 0.3 is 0 Å². The van der Waals surface area contributed by atoms with Crippen molar-refractivity contribution in [1.82, 2.24) is 4.98 Å². The summed E-state index contributed by atoms with van der Waals surface area (Å²) in [6.45, 7) is 1.85. The number of thiazole rings is 1. The monoisotopic (exact) mass is 267 g/mol. The number of nitrogens with zero attached hydrogens (tertiary/aromatic N) is 1. The summed E-state index contributed by atoms with van der Waals surface area (Å²) in [5.74, 6) is 0.471. The van der Waals surface area contributed by atoms with Crippen LogP contribution in [-0.4, -0.2) is 10.8 Å². The van der Waals surface area contributed by atoms with Gasteiger partial charge in [0.05, 0.1) is 5.56 Å². The Bertz CT molecular complexity index is 525. The van der Waals surface area contributed by atoms with Crippen LogP contribution in [0.15, 0.2) is 29.8 Å². The fraction of sp³-hybridized carbons (Fsp3) is 0.167. The van der Waals surface area contributed by atoms with Gasteiger partial charge in [-0.1, -0.05) is 11.6 Å².